The number of benzene rings is 1. The lowest BCUT2D eigenvalue weighted by molar-refractivity contribution is -0.131. The summed E-state index contributed by atoms with van der Waals surface area (Å²) in [6.45, 7) is 2.59. The molecule has 4 rings (SSSR count). The molecule has 1 aromatic carbocycles. The van der Waals surface area contributed by atoms with E-state index in [1.165, 1.54) is 11.3 Å². The van der Waals surface area contributed by atoms with Gasteiger partial charge < -0.3 is 16.0 Å². The third-order valence-corrected chi connectivity index (χ3v) is 6.08. The van der Waals surface area contributed by atoms with E-state index in [2.05, 4.69) is 27.2 Å². The number of nitrogens with zero attached hydrogens (tertiary/aromatic N) is 4. The van der Waals surface area contributed by atoms with Crippen LogP contribution in [0.2, 0.25) is 0 Å². The summed E-state index contributed by atoms with van der Waals surface area (Å²) in [5, 5.41) is 8.01. The number of anilines is 1. The predicted molar refractivity (Wildman–Crippen MR) is 112 cm³/mol. The lowest BCUT2D eigenvalue weighted by atomic mass is 9.89. The number of likely N-dealkylation sites (tertiary alicyclic amines) is 1. The average Bonchev–Trinajstić information content (AvgIpc) is 3.35. The van der Waals surface area contributed by atoms with Crippen molar-refractivity contribution in [2.45, 2.75) is 13.3 Å². The zero-order valence-electron chi connectivity index (χ0n) is 16.3. The van der Waals surface area contributed by atoms with Gasteiger partial charge in [-0.1, -0.05) is 29.2 Å². The molecule has 0 spiro atoms. The lowest BCUT2D eigenvalue weighted by Gasteiger charge is -2.14. The first kappa shape index (κ1) is 19.0. The van der Waals surface area contributed by atoms with Crippen LogP contribution in [-0.4, -0.2) is 52.1 Å². The molecular formula is C20H20N6O2S. The molecular weight excluding hydrogens is 388 g/mol. The molecule has 0 unspecified atom stereocenters. The maximum Gasteiger partial charge on any atom is 0.270 e. The van der Waals surface area contributed by atoms with Crippen LogP contribution in [-0.2, 0) is 4.79 Å². The summed E-state index contributed by atoms with van der Waals surface area (Å²) in [6, 6.07) is 7.44. The Morgan fingerprint density at radius 1 is 1.41 bits per heavy atom. The number of nitrogens with one attached hydrogen (secondary N) is 1. The molecule has 2 aromatic heterocycles. The molecule has 0 saturated carbocycles. The van der Waals surface area contributed by atoms with Gasteiger partial charge in [0.05, 0.1) is 5.69 Å². The number of carbonyl (C=O) groups is 2. The van der Waals surface area contributed by atoms with Gasteiger partial charge in [0.2, 0.25) is 5.91 Å². The molecule has 1 aliphatic rings. The summed E-state index contributed by atoms with van der Waals surface area (Å²) < 4.78 is 2.22. The van der Waals surface area contributed by atoms with E-state index in [1.807, 2.05) is 31.2 Å². The third kappa shape index (κ3) is 3.21. The van der Waals surface area contributed by atoms with Crippen LogP contribution in [0.25, 0.3) is 16.0 Å². The molecule has 0 bridgehead atoms. The van der Waals surface area contributed by atoms with E-state index >= 15 is 0 Å². The first-order valence-corrected chi connectivity index (χ1v) is 9.90. The first-order chi connectivity index (χ1) is 13.8. The Labute approximate surface area is 171 Å². The van der Waals surface area contributed by atoms with Gasteiger partial charge in [-0.25, -0.2) is 4.68 Å². The molecule has 148 valence electrons. The molecule has 2 amide bonds. The Kier molecular flexibility index (Phi) is 4.51. The summed E-state index contributed by atoms with van der Waals surface area (Å²) in [4.78, 5) is 30.3. The first-order valence-electron chi connectivity index (χ1n) is 9.09. The zero-order chi connectivity index (χ0) is 20.8. The van der Waals surface area contributed by atoms with Crippen molar-refractivity contribution in [1.82, 2.24) is 19.7 Å². The molecule has 1 aliphatic heterocycles. The molecule has 3 N–H and O–H groups in total. The zero-order valence-corrected chi connectivity index (χ0v) is 17.1. The highest BCUT2D eigenvalue weighted by Gasteiger charge is 2.39. The molecule has 29 heavy (non-hydrogen) atoms. The minimum absolute atomic E-state index is 0.0445. The topological polar surface area (TPSA) is 106 Å². The Bertz CT molecular complexity index is 1200. The minimum atomic E-state index is -0.667. The number of hydrogen-bond acceptors (Lipinski definition) is 6. The monoisotopic (exact) mass is 408 g/mol. The van der Waals surface area contributed by atoms with Gasteiger partial charge in [-0.3, -0.25) is 9.59 Å². The second-order valence-corrected chi connectivity index (χ2v) is 8.15. The fourth-order valence-corrected chi connectivity index (χ4v) is 4.20. The van der Waals surface area contributed by atoms with Crippen LogP contribution >= 0.6 is 11.3 Å². The standard InChI is InChI=1S/C20H20N6O2S/c1-20(9-10-25(3)18(20)28)8-7-12-5-4-6-13(11-12)26-17-15(14(24-26)16(21)27)29-19(22-2)23-17/h4-6,11H,9-10H2,1-3H3,(H2,21,27)(H,22,23)/t20-/m1/s1. The summed E-state index contributed by atoms with van der Waals surface area (Å²) in [5.41, 5.74) is 7.02. The van der Waals surface area contributed by atoms with Gasteiger partial charge in [0.25, 0.3) is 5.91 Å². The number of rotatable bonds is 3. The highest BCUT2D eigenvalue weighted by molar-refractivity contribution is 7.22. The number of nitrogens with two attached hydrogens (primary N) is 1. The van der Waals surface area contributed by atoms with Crippen LogP contribution in [0, 0.1) is 17.3 Å². The van der Waals surface area contributed by atoms with E-state index in [4.69, 9.17) is 5.73 Å². The van der Waals surface area contributed by atoms with Crippen molar-refractivity contribution in [2.24, 2.45) is 11.1 Å². The Balaban J connectivity index is 1.76. The van der Waals surface area contributed by atoms with E-state index < -0.39 is 11.3 Å². The fraction of sp³-hybridized carbons (Fsp3) is 0.300. The van der Waals surface area contributed by atoms with Crippen LogP contribution in [0.5, 0.6) is 0 Å². The lowest BCUT2D eigenvalue weighted by Crippen LogP contribution is -2.28. The van der Waals surface area contributed by atoms with Crippen molar-refractivity contribution >= 4 is 38.6 Å². The number of primary amides is 1. The van der Waals surface area contributed by atoms with Gasteiger partial charge >= 0.3 is 0 Å². The third-order valence-electron chi connectivity index (χ3n) is 5.01. The van der Waals surface area contributed by atoms with E-state index in [1.54, 1.807) is 23.7 Å². The van der Waals surface area contributed by atoms with E-state index in [9.17, 15) is 9.59 Å². The summed E-state index contributed by atoms with van der Waals surface area (Å²) in [7, 11) is 3.56. The molecule has 1 fully saturated rings. The summed E-state index contributed by atoms with van der Waals surface area (Å²) >= 11 is 1.32. The van der Waals surface area contributed by atoms with Gasteiger partial charge in [0.1, 0.15) is 10.1 Å². The van der Waals surface area contributed by atoms with E-state index in [-0.39, 0.29) is 11.6 Å². The normalized spacial score (nSPS) is 18.7. The fourth-order valence-electron chi connectivity index (χ4n) is 3.31. The quantitative estimate of drug-likeness (QED) is 0.643. The Morgan fingerprint density at radius 3 is 2.86 bits per heavy atom. The van der Waals surface area contributed by atoms with Gasteiger partial charge in [0.15, 0.2) is 16.5 Å². The van der Waals surface area contributed by atoms with Crippen molar-refractivity contribution in [2.75, 3.05) is 26.0 Å². The molecule has 0 radical (unpaired) electrons. The van der Waals surface area contributed by atoms with Crippen molar-refractivity contribution < 1.29 is 9.59 Å². The van der Waals surface area contributed by atoms with E-state index in [0.717, 1.165) is 5.56 Å². The average molecular weight is 408 g/mol. The van der Waals surface area contributed by atoms with Crippen molar-refractivity contribution in [3.63, 3.8) is 0 Å². The van der Waals surface area contributed by atoms with Crippen molar-refractivity contribution in [3.05, 3.63) is 35.5 Å². The smallest absolute Gasteiger partial charge is 0.270 e. The number of carbonyl (C=O) groups excluding carboxylic acids is 2. The van der Waals surface area contributed by atoms with E-state index in [0.29, 0.717) is 34.1 Å². The Morgan fingerprint density at radius 2 is 2.21 bits per heavy atom. The Hall–Kier alpha value is -3.38. The SMILES string of the molecule is CNc1nc2c(s1)c(C(N)=O)nn2-c1cccc(C#C[C@]2(C)CCN(C)C2=O)c1. The van der Waals surface area contributed by atoms with Gasteiger partial charge in [-0.2, -0.15) is 10.1 Å². The molecule has 1 saturated heterocycles. The molecule has 0 aliphatic carbocycles. The largest absolute Gasteiger partial charge is 0.365 e. The highest BCUT2D eigenvalue weighted by Crippen LogP contribution is 2.31. The second kappa shape index (κ2) is 6.90. The van der Waals surface area contributed by atoms with Gasteiger partial charge in [-0.05, 0) is 31.5 Å². The number of thiazole rings is 1. The highest BCUT2D eigenvalue weighted by atomic mass is 32.1. The minimum Gasteiger partial charge on any atom is -0.365 e. The van der Waals surface area contributed by atoms with Crippen LogP contribution < -0.4 is 11.1 Å². The maximum absolute atomic E-state index is 12.3. The van der Waals surface area contributed by atoms with Crippen molar-refractivity contribution in [1.29, 1.82) is 0 Å². The second-order valence-electron chi connectivity index (χ2n) is 7.16. The summed E-state index contributed by atoms with van der Waals surface area (Å²) in [6.07, 6.45) is 0.711. The number of amides is 2. The van der Waals surface area contributed by atoms with Crippen LogP contribution in [0.15, 0.2) is 24.3 Å². The summed E-state index contributed by atoms with van der Waals surface area (Å²) in [5.74, 6) is 5.70. The molecule has 3 aromatic rings. The van der Waals surface area contributed by atoms with Crippen LogP contribution in [0.1, 0.15) is 29.4 Å². The molecule has 9 heteroatoms. The number of fused-ring (bicyclic) bond motifs is 1. The molecule has 3 heterocycles. The predicted octanol–water partition coefficient (Wildman–Crippen LogP) is 1.84. The van der Waals surface area contributed by atoms with Crippen molar-refractivity contribution in [3.8, 4) is 17.5 Å². The van der Waals surface area contributed by atoms with Crippen LogP contribution in [0.4, 0.5) is 5.13 Å². The number of hydrogen-bond donors (Lipinski definition) is 2. The van der Waals surface area contributed by atoms with Crippen LogP contribution in [0.3, 0.4) is 0 Å². The van der Waals surface area contributed by atoms with Gasteiger partial charge in [0, 0.05) is 26.2 Å². The molecule has 1 atom stereocenters. The van der Waals surface area contributed by atoms with Gasteiger partial charge in [-0.15, -0.1) is 0 Å². The number of aromatic nitrogens is 3. The maximum atomic E-state index is 12.3. The molecule has 8 nitrogen and oxygen atoms in total.